The molecular weight excluding hydrogens is 432 g/mol. The molecule has 2 aromatic rings. The summed E-state index contributed by atoms with van der Waals surface area (Å²) in [6.45, 7) is 2.07. The predicted molar refractivity (Wildman–Crippen MR) is 118 cm³/mol. The van der Waals surface area contributed by atoms with Crippen LogP contribution in [0.4, 0.5) is 5.69 Å². The van der Waals surface area contributed by atoms with Crippen molar-refractivity contribution in [3.63, 3.8) is 0 Å². The number of methoxy groups -OCH3 is 1. The second kappa shape index (κ2) is 8.91. The van der Waals surface area contributed by atoms with E-state index in [0.717, 1.165) is 36.9 Å². The fourth-order valence-electron chi connectivity index (χ4n) is 3.76. The lowest BCUT2D eigenvalue weighted by atomic mass is 10.0. The van der Waals surface area contributed by atoms with Gasteiger partial charge >= 0.3 is 5.97 Å². The molecular formula is C23H26N2O6S. The van der Waals surface area contributed by atoms with E-state index in [1.165, 1.54) is 32.2 Å². The summed E-state index contributed by atoms with van der Waals surface area (Å²) in [5.41, 5.74) is 1.94. The monoisotopic (exact) mass is 458 g/mol. The number of sulfonamides is 1. The minimum Gasteiger partial charge on any atom is -0.495 e. The molecule has 0 aromatic heterocycles. The SMILES string of the molecule is COc1ccc(C(=O)O[C@H](C)C(=O)N2CCCc3ccccc32)cc1S(=O)(=O)NC1CC1. The van der Waals surface area contributed by atoms with Crippen LogP contribution in [-0.2, 0) is 26.0 Å². The topological polar surface area (TPSA) is 102 Å². The highest BCUT2D eigenvalue weighted by Gasteiger charge is 2.32. The molecule has 0 unspecified atom stereocenters. The van der Waals surface area contributed by atoms with E-state index in [4.69, 9.17) is 9.47 Å². The number of hydrogen-bond donors (Lipinski definition) is 1. The van der Waals surface area contributed by atoms with Crippen molar-refractivity contribution in [1.82, 2.24) is 4.72 Å². The summed E-state index contributed by atoms with van der Waals surface area (Å²) >= 11 is 0. The average Bonchev–Trinajstić information content (AvgIpc) is 3.61. The number of esters is 1. The van der Waals surface area contributed by atoms with Crippen molar-refractivity contribution in [2.75, 3.05) is 18.6 Å². The molecule has 1 heterocycles. The van der Waals surface area contributed by atoms with Crippen LogP contribution in [0.2, 0.25) is 0 Å². The molecule has 1 aliphatic carbocycles. The number of nitrogens with one attached hydrogen (secondary N) is 1. The van der Waals surface area contributed by atoms with Gasteiger partial charge in [-0.3, -0.25) is 4.79 Å². The number of aryl methyl sites for hydroxylation is 1. The Balaban J connectivity index is 1.51. The Morgan fingerprint density at radius 2 is 1.91 bits per heavy atom. The van der Waals surface area contributed by atoms with Gasteiger partial charge in [-0.25, -0.2) is 17.9 Å². The summed E-state index contributed by atoms with van der Waals surface area (Å²) in [6.07, 6.45) is 2.26. The van der Waals surface area contributed by atoms with Crippen molar-refractivity contribution in [3.8, 4) is 5.75 Å². The molecule has 1 N–H and O–H groups in total. The predicted octanol–water partition coefficient (Wildman–Crippen LogP) is 2.66. The van der Waals surface area contributed by atoms with Crippen LogP contribution in [0, 0.1) is 0 Å². The van der Waals surface area contributed by atoms with E-state index >= 15 is 0 Å². The van der Waals surface area contributed by atoms with Gasteiger partial charge in [-0.2, -0.15) is 0 Å². The van der Waals surface area contributed by atoms with Gasteiger partial charge in [-0.05, 0) is 62.4 Å². The van der Waals surface area contributed by atoms with Gasteiger partial charge in [0.15, 0.2) is 6.10 Å². The summed E-state index contributed by atoms with van der Waals surface area (Å²) in [5, 5.41) is 0. The average molecular weight is 459 g/mol. The van der Waals surface area contributed by atoms with Crippen LogP contribution < -0.4 is 14.4 Å². The Kier molecular flexibility index (Phi) is 6.21. The first-order chi connectivity index (χ1) is 15.3. The smallest absolute Gasteiger partial charge is 0.338 e. The zero-order valence-corrected chi connectivity index (χ0v) is 18.9. The second-order valence-corrected chi connectivity index (χ2v) is 9.71. The summed E-state index contributed by atoms with van der Waals surface area (Å²) in [4.78, 5) is 27.3. The molecule has 1 amide bonds. The van der Waals surface area contributed by atoms with Crippen molar-refractivity contribution in [3.05, 3.63) is 53.6 Å². The van der Waals surface area contributed by atoms with Gasteiger partial charge in [0.05, 0.1) is 12.7 Å². The maximum atomic E-state index is 13.0. The summed E-state index contributed by atoms with van der Waals surface area (Å²) in [7, 11) is -2.49. The van der Waals surface area contributed by atoms with E-state index in [1.807, 2.05) is 24.3 Å². The lowest BCUT2D eigenvalue weighted by Gasteiger charge is -2.31. The van der Waals surface area contributed by atoms with Gasteiger partial charge in [0, 0.05) is 18.3 Å². The lowest BCUT2D eigenvalue weighted by molar-refractivity contribution is -0.126. The van der Waals surface area contributed by atoms with Crippen molar-refractivity contribution in [2.45, 2.75) is 49.6 Å². The minimum atomic E-state index is -3.85. The highest BCUT2D eigenvalue weighted by atomic mass is 32.2. The molecule has 170 valence electrons. The van der Waals surface area contributed by atoms with Gasteiger partial charge < -0.3 is 14.4 Å². The zero-order chi connectivity index (χ0) is 22.9. The van der Waals surface area contributed by atoms with Gasteiger partial charge in [-0.15, -0.1) is 0 Å². The van der Waals surface area contributed by atoms with Crippen LogP contribution in [0.15, 0.2) is 47.4 Å². The normalized spacial score (nSPS) is 16.8. The molecule has 0 spiro atoms. The van der Waals surface area contributed by atoms with Crippen LogP contribution in [0.3, 0.4) is 0 Å². The molecule has 0 saturated heterocycles. The van der Waals surface area contributed by atoms with Crippen molar-refractivity contribution < 1.29 is 27.5 Å². The van der Waals surface area contributed by atoms with E-state index in [0.29, 0.717) is 6.54 Å². The number of para-hydroxylation sites is 1. The zero-order valence-electron chi connectivity index (χ0n) is 18.0. The highest BCUT2D eigenvalue weighted by Crippen LogP contribution is 2.30. The summed E-state index contributed by atoms with van der Waals surface area (Å²) in [5.74, 6) is -0.965. The van der Waals surface area contributed by atoms with Gasteiger partial charge in [0.25, 0.3) is 5.91 Å². The molecule has 2 aromatic carbocycles. The molecule has 9 heteroatoms. The van der Waals surface area contributed by atoms with Gasteiger partial charge in [0.2, 0.25) is 10.0 Å². The van der Waals surface area contributed by atoms with E-state index in [-0.39, 0.29) is 28.2 Å². The number of anilines is 1. The minimum absolute atomic E-state index is 0.0284. The first-order valence-corrected chi connectivity index (χ1v) is 12.1. The fourth-order valence-corrected chi connectivity index (χ4v) is 5.26. The molecule has 0 radical (unpaired) electrons. The highest BCUT2D eigenvalue weighted by molar-refractivity contribution is 7.89. The first kappa shape index (κ1) is 22.3. The molecule has 0 bridgehead atoms. The van der Waals surface area contributed by atoms with Crippen molar-refractivity contribution in [1.29, 1.82) is 0 Å². The van der Waals surface area contributed by atoms with Crippen LogP contribution in [-0.4, -0.2) is 46.1 Å². The van der Waals surface area contributed by atoms with Crippen LogP contribution >= 0.6 is 0 Å². The van der Waals surface area contributed by atoms with Crippen LogP contribution in [0.25, 0.3) is 0 Å². The number of fused-ring (bicyclic) bond motifs is 1. The Labute approximate surface area is 187 Å². The largest absolute Gasteiger partial charge is 0.495 e. The quantitative estimate of drug-likeness (QED) is 0.640. The molecule has 1 aliphatic heterocycles. The Morgan fingerprint density at radius 1 is 1.16 bits per heavy atom. The molecule has 8 nitrogen and oxygen atoms in total. The van der Waals surface area contributed by atoms with Gasteiger partial charge in [0.1, 0.15) is 10.6 Å². The first-order valence-electron chi connectivity index (χ1n) is 10.6. The Morgan fingerprint density at radius 3 is 2.62 bits per heavy atom. The Bertz CT molecular complexity index is 1140. The summed E-state index contributed by atoms with van der Waals surface area (Å²) < 4.78 is 38.5. The van der Waals surface area contributed by atoms with Crippen molar-refractivity contribution >= 4 is 27.6 Å². The third-order valence-electron chi connectivity index (χ3n) is 5.60. The lowest BCUT2D eigenvalue weighted by Crippen LogP contribution is -2.42. The number of amides is 1. The van der Waals surface area contributed by atoms with Crippen LogP contribution in [0.5, 0.6) is 5.75 Å². The molecule has 1 fully saturated rings. The molecule has 4 rings (SSSR count). The molecule has 32 heavy (non-hydrogen) atoms. The molecule has 1 saturated carbocycles. The maximum Gasteiger partial charge on any atom is 0.338 e. The molecule has 2 aliphatic rings. The number of carbonyl (C=O) groups excluding carboxylic acids is 2. The van der Waals surface area contributed by atoms with Crippen molar-refractivity contribution in [2.24, 2.45) is 0 Å². The van der Waals surface area contributed by atoms with Crippen LogP contribution in [0.1, 0.15) is 42.1 Å². The molecule has 1 atom stereocenters. The van der Waals surface area contributed by atoms with E-state index in [2.05, 4.69) is 4.72 Å². The van der Waals surface area contributed by atoms with E-state index < -0.39 is 22.1 Å². The number of nitrogens with zero attached hydrogens (tertiary/aromatic N) is 1. The Hall–Kier alpha value is -2.91. The van der Waals surface area contributed by atoms with Gasteiger partial charge in [-0.1, -0.05) is 18.2 Å². The third kappa shape index (κ3) is 4.63. The van der Waals surface area contributed by atoms with E-state index in [1.54, 1.807) is 4.90 Å². The number of hydrogen-bond acceptors (Lipinski definition) is 6. The number of benzene rings is 2. The number of ether oxygens (including phenoxy) is 2. The maximum absolute atomic E-state index is 13.0. The standard InChI is InChI=1S/C23H26N2O6S/c1-15(22(26)25-13-5-7-16-6-3-4-8-19(16)25)31-23(27)17-9-12-20(30-2)21(14-17)32(28,29)24-18-10-11-18/h3-4,6,8-9,12,14-15,18,24H,5,7,10-11,13H2,1-2H3/t15-/m1/s1. The van der Waals surface area contributed by atoms with E-state index in [9.17, 15) is 18.0 Å². The number of rotatable bonds is 7. The third-order valence-corrected chi connectivity index (χ3v) is 7.14. The second-order valence-electron chi connectivity index (χ2n) is 8.03. The fraction of sp³-hybridized carbons (Fsp3) is 0.391. The summed E-state index contributed by atoms with van der Waals surface area (Å²) in [6, 6.07) is 11.6. The number of carbonyl (C=O) groups is 2.